The van der Waals surface area contributed by atoms with Crippen molar-refractivity contribution in [3.8, 4) is 11.5 Å². The zero-order valence-corrected chi connectivity index (χ0v) is 33.3. The minimum absolute atomic E-state index is 0.0884. The molecule has 58 heavy (non-hydrogen) atoms. The molecule has 1 aliphatic rings. The van der Waals surface area contributed by atoms with Crippen LogP contribution in [0.3, 0.4) is 0 Å². The fourth-order valence-corrected chi connectivity index (χ4v) is 7.20. The number of phenolic OH excluding ortho intramolecular Hbond substituents is 2. The molecule has 8 atom stereocenters. The third-order valence-electron chi connectivity index (χ3n) is 10.5. The molecule has 0 aliphatic carbocycles. The summed E-state index contributed by atoms with van der Waals surface area (Å²) in [5.41, 5.74) is 6.24. The average Bonchev–Trinajstić information content (AvgIpc) is 3.22. The van der Waals surface area contributed by atoms with Gasteiger partial charge in [-0.05, 0) is 38.9 Å². The van der Waals surface area contributed by atoms with Crippen LogP contribution in [0.15, 0.2) is 42.5 Å². The van der Waals surface area contributed by atoms with E-state index >= 15 is 0 Å². The van der Waals surface area contributed by atoms with Crippen LogP contribution >= 0.6 is 0 Å². The number of aliphatic hydroxyl groups is 10. The standard InChI is InChI=1S/C41H63N5O12/c1-24-11-26(15-42-17-32(49)38(55)40(57)34(51)22-47)36(53)28(13-24)19-45-8-4-9-46(21-31-6-3-5-30(44-31)7-10-45)20-29-14-25(2)12-27(37(29)54)16-43-18-33(50)39(56)41(58)35(52)23-48/h3,5-6,11-14,32-35,38-43,47-58H,4,7-10,15-23H2,1-2H3. The fourth-order valence-electron chi connectivity index (χ4n) is 7.20. The zero-order chi connectivity index (χ0) is 42.5. The van der Waals surface area contributed by atoms with E-state index < -0.39 is 62.0 Å². The number of rotatable bonds is 20. The van der Waals surface area contributed by atoms with E-state index in [-0.39, 0.29) is 37.7 Å². The summed E-state index contributed by atoms with van der Waals surface area (Å²) in [5, 5.41) is 127. The van der Waals surface area contributed by atoms with Gasteiger partial charge in [0.1, 0.15) is 48.1 Å². The Kier molecular flexibility index (Phi) is 18.6. The van der Waals surface area contributed by atoms with Gasteiger partial charge >= 0.3 is 0 Å². The Morgan fingerprint density at radius 2 is 1.02 bits per heavy atom. The molecule has 8 unspecified atom stereocenters. The summed E-state index contributed by atoms with van der Waals surface area (Å²) in [6.07, 6.45) is -11.5. The van der Waals surface area contributed by atoms with E-state index in [4.69, 9.17) is 15.2 Å². The summed E-state index contributed by atoms with van der Waals surface area (Å²) in [6, 6.07) is 13.5. The topological polar surface area (TPSA) is 286 Å². The highest BCUT2D eigenvalue weighted by atomic mass is 16.4. The molecular formula is C41H63N5O12. The molecule has 3 aromatic rings. The van der Waals surface area contributed by atoms with E-state index in [2.05, 4.69) is 20.4 Å². The van der Waals surface area contributed by atoms with Crippen molar-refractivity contribution in [3.05, 3.63) is 87.2 Å². The van der Waals surface area contributed by atoms with Crippen molar-refractivity contribution in [1.82, 2.24) is 25.4 Å². The Hall–Kier alpha value is -3.37. The Morgan fingerprint density at radius 3 is 1.52 bits per heavy atom. The lowest BCUT2D eigenvalue weighted by atomic mass is 10.0. The normalized spacial score (nSPS) is 18.8. The minimum Gasteiger partial charge on any atom is -0.507 e. The van der Waals surface area contributed by atoms with Crippen LogP contribution in [-0.4, -0.2) is 171 Å². The number of benzene rings is 2. The van der Waals surface area contributed by atoms with Crippen molar-refractivity contribution in [1.29, 1.82) is 0 Å². The summed E-state index contributed by atoms with van der Waals surface area (Å²) >= 11 is 0. The molecule has 0 amide bonds. The van der Waals surface area contributed by atoms with Crippen LogP contribution < -0.4 is 10.6 Å². The Morgan fingerprint density at radius 1 is 0.586 bits per heavy atom. The molecule has 0 saturated heterocycles. The lowest BCUT2D eigenvalue weighted by Gasteiger charge is -2.27. The number of aryl methyl sites for hydroxylation is 2. The third kappa shape index (κ3) is 13.6. The molecule has 4 rings (SSSR count). The number of aromatic hydroxyl groups is 2. The van der Waals surface area contributed by atoms with Gasteiger partial charge in [-0.1, -0.05) is 41.5 Å². The van der Waals surface area contributed by atoms with Crippen LogP contribution in [-0.2, 0) is 39.1 Å². The van der Waals surface area contributed by atoms with Gasteiger partial charge in [0.25, 0.3) is 0 Å². The third-order valence-corrected chi connectivity index (χ3v) is 10.5. The molecule has 2 aromatic carbocycles. The van der Waals surface area contributed by atoms with Crippen LogP contribution in [0.25, 0.3) is 0 Å². The molecule has 17 heteroatoms. The number of hydrogen-bond donors (Lipinski definition) is 14. The minimum atomic E-state index is -1.73. The SMILES string of the molecule is Cc1cc(CNCC(O)C(O)C(O)C(O)CO)c(O)c(CN2CCCN(Cc3cc(C)cc(CNCC(O)C(O)C(O)C(O)CO)c3O)Cc3cccc(n3)CC2)c1. The van der Waals surface area contributed by atoms with E-state index in [0.29, 0.717) is 62.4 Å². The predicted molar refractivity (Wildman–Crippen MR) is 213 cm³/mol. The first-order chi connectivity index (χ1) is 27.6. The molecule has 0 fully saturated rings. The second-order valence-corrected chi connectivity index (χ2v) is 15.4. The molecule has 17 nitrogen and oxygen atoms in total. The quantitative estimate of drug-likeness (QED) is 0.0566. The molecule has 2 bridgehead atoms. The number of aromatic nitrogens is 1. The maximum atomic E-state index is 11.4. The summed E-state index contributed by atoms with van der Waals surface area (Å²) in [4.78, 5) is 9.41. The number of aliphatic hydroxyl groups excluding tert-OH is 10. The number of nitrogens with one attached hydrogen (secondary N) is 2. The van der Waals surface area contributed by atoms with E-state index in [1.807, 2.05) is 56.3 Å². The van der Waals surface area contributed by atoms with Crippen molar-refractivity contribution in [2.75, 3.05) is 45.9 Å². The van der Waals surface area contributed by atoms with Crippen LogP contribution in [0.1, 0.15) is 51.2 Å². The molecule has 1 aromatic heterocycles. The monoisotopic (exact) mass is 817 g/mol. The van der Waals surface area contributed by atoms with E-state index in [0.717, 1.165) is 34.5 Å². The van der Waals surface area contributed by atoms with E-state index in [1.165, 1.54) is 0 Å². The molecule has 1 aliphatic heterocycles. The lowest BCUT2D eigenvalue weighted by Crippen LogP contribution is -2.48. The first kappa shape index (κ1) is 47.3. The molecule has 14 N–H and O–H groups in total. The smallest absolute Gasteiger partial charge is 0.124 e. The number of fused-ring (bicyclic) bond motifs is 2. The van der Waals surface area contributed by atoms with Gasteiger partial charge in [-0.15, -0.1) is 0 Å². The highest BCUT2D eigenvalue weighted by molar-refractivity contribution is 5.44. The van der Waals surface area contributed by atoms with E-state index in [9.17, 15) is 51.1 Å². The second-order valence-electron chi connectivity index (χ2n) is 15.4. The highest BCUT2D eigenvalue weighted by Gasteiger charge is 2.31. The van der Waals surface area contributed by atoms with E-state index in [1.54, 1.807) is 0 Å². The largest absolute Gasteiger partial charge is 0.507 e. The Labute approximate surface area is 339 Å². The first-order valence-electron chi connectivity index (χ1n) is 19.7. The molecule has 0 saturated carbocycles. The van der Waals surface area contributed by atoms with Gasteiger partial charge in [0.15, 0.2) is 0 Å². The van der Waals surface area contributed by atoms with Crippen molar-refractivity contribution >= 4 is 0 Å². The summed E-state index contributed by atoms with van der Waals surface area (Å²) in [7, 11) is 0. The lowest BCUT2D eigenvalue weighted by molar-refractivity contribution is -0.114. The van der Waals surface area contributed by atoms with Crippen molar-refractivity contribution in [3.63, 3.8) is 0 Å². The summed E-state index contributed by atoms with van der Waals surface area (Å²) in [5.74, 6) is 0.189. The van der Waals surface area contributed by atoms with Gasteiger partial charge in [0.05, 0.1) is 31.1 Å². The van der Waals surface area contributed by atoms with Gasteiger partial charge in [0.2, 0.25) is 0 Å². The zero-order valence-electron chi connectivity index (χ0n) is 33.3. The number of phenols is 2. The molecule has 0 spiro atoms. The Bertz CT molecular complexity index is 1720. The molecular weight excluding hydrogens is 754 g/mol. The summed E-state index contributed by atoms with van der Waals surface area (Å²) in [6.45, 7) is 5.78. The van der Waals surface area contributed by atoms with Crippen LogP contribution in [0.4, 0.5) is 0 Å². The number of hydrogen-bond acceptors (Lipinski definition) is 17. The molecule has 324 valence electrons. The second kappa shape index (κ2) is 22.8. The van der Waals surface area contributed by atoms with Crippen molar-refractivity contribution in [2.24, 2.45) is 0 Å². The molecule has 2 heterocycles. The maximum absolute atomic E-state index is 11.4. The van der Waals surface area contributed by atoms with Crippen molar-refractivity contribution in [2.45, 2.75) is 108 Å². The number of nitrogens with zero attached hydrogens (tertiary/aromatic N) is 3. The van der Waals surface area contributed by atoms with Crippen LogP contribution in [0.2, 0.25) is 0 Å². The Balaban J connectivity index is 1.42. The highest BCUT2D eigenvalue weighted by Crippen LogP contribution is 2.28. The van der Waals surface area contributed by atoms with Crippen molar-refractivity contribution < 1.29 is 61.3 Å². The predicted octanol–water partition coefficient (Wildman–Crippen LogP) is -2.39. The summed E-state index contributed by atoms with van der Waals surface area (Å²) < 4.78 is 0. The van der Waals surface area contributed by atoms with Crippen LogP contribution in [0.5, 0.6) is 11.5 Å². The average molecular weight is 818 g/mol. The fraction of sp³-hybridized carbons (Fsp3) is 0.585. The molecule has 0 radical (unpaired) electrons. The van der Waals surface area contributed by atoms with Gasteiger partial charge in [0, 0.05) is 93.3 Å². The van der Waals surface area contributed by atoms with Gasteiger partial charge in [-0.3, -0.25) is 14.8 Å². The van der Waals surface area contributed by atoms with Gasteiger partial charge < -0.3 is 71.9 Å². The number of pyridine rings is 1. The van der Waals surface area contributed by atoms with Crippen LogP contribution in [0, 0.1) is 13.8 Å². The first-order valence-corrected chi connectivity index (χ1v) is 19.7. The van der Waals surface area contributed by atoms with Gasteiger partial charge in [-0.25, -0.2) is 0 Å². The maximum Gasteiger partial charge on any atom is 0.124 e. The van der Waals surface area contributed by atoms with Gasteiger partial charge in [-0.2, -0.15) is 0 Å².